The number of carboxylic acids is 1. The third kappa shape index (κ3) is 5.08. The van der Waals surface area contributed by atoms with Crippen LogP contribution in [-0.4, -0.2) is 39.9 Å². The minimum absolute atomic E-state index is 0.0425. The van der Waals surface area contributed by atoms with Crippen LogP contribution in [-0.2, 0) is 20.9 Å². The molecule has 6 heteroatoms. The number of hydrogen-bond acceptors (Lipinski definition) is 3. The van der Waals surface area contributed by atoms with Gasteiger partial charge in [-0.1, -0.05) is 30.3 Å². The molecule has 0 heterocycles. The minimum atomic E-state index is -0.899. The van der Waals surface area contributed by atoms with Crippen LogP contribution in [0.5, 0.6) is 0 Å². The molecule has 1 aromatic rings. The van der Waals surface area contributed by atoms with Gasteiger partial charge in [0.2, 0.25) is 11.8 Å². The molecule has 1 aliphatic carbocycles. The average molecular weight is 332 g/mol. The van der Waals surface area contributed by atoms with E-state index in [0.29, 0.717) is 25.9 Å². The Kier molecular flexibility index (Phi) is 5.95. The van der Waals surface area contributed by atoms with Gasteiger partial charge in [0.05, 0.1) is 12.0 Å². The van der Waals surface area contributed by atoms with Crippen molar-refractivity contribution in [3.05, 3.63) is 35.9 Å². The van der Waals surface area contributed by atoms with E-state index in [9.17, 15) is 14.4 Å². The van der Waals surface area contributed by atoms with E-state index in [1.165, 1.54) is 6.92 Å². The Morgan fingerprint density at radius 1 is 1.21 bits per heavy atom. The number of aliphatic carboxylic acids is 1. The zero-order chi connectivity index (χ0) is 17.6. The second-order valence-electron chi connectivity index (χ2n) is 6.43. The van der Waals surface area contributed by atoms with Crippen molar-refractivity contribution in [2.75, 3.05) is 6.54 Å². The first kappa shape index (κ1) is 18.0. The first-order valence-electron chi connectivity index (χ1n) is 8.22. The van der Waals surface area contributed by atoms with E-state index in [1.807, 2.05) is 30.3 Å². The molecular weight excluding hydrogens is 308 g/mol. The van der Waals surface area contributed by atoms with Crippen LogP contribution in [0.25, 0.3) is 0 Å². The SMILES string of the molecule is CC(=O)N(CCC(=O)NC1(CC(=O)O)CCC1)Cc1ccccc1. The van der Waals surface area contributed by atoms with Gasteiger partial charge in [0, 0.05) is 26.4 Å². The second-order valence-corrected chi connectivity index (χ2v) is 6.43. The van der Waals surface area contributed by atoms with Crippen molar-refractivity contribution in [1.82, 2.24) is 10.2 Å². The highest BCUT2D eigenvalue weighted by molar-refractivity contribution is 5.80. The van der Waals surface area contributed by atoms with Crippen LogP contribution in [0.15, 0.2) is 30.3 Å². The number of nitrogens with one attached hydrogen (secondary N) is 1. The van der Waals surface area contributed by atoms with Gasteiger partial charge in [-0.25, -0.2) is 0 Å². The average Bonchev–Trinajstić information content (AvgIpc) is 2.49. The summed E-state index contributed by atoms with van der Waals surface area (Å²) in [4.78, 5) is 36.5. The van der Waals surface area contributed by atoms with Crippen LogP contribution < -0.4 is 5.32 Å². The predicted molar refractivity (Wildman–Crippen MR) is 89.1 cm³/mol. The molecule has 130 valence electrons. The van der Waals surface area contributed by atoms with E-state index >= 15 is 0 Å². The van der Waals surface area contributed by atoms with E-state index in [1.54, 1.807) is 4.90 Å². The van der Waals surface area contributed by atoms with Gasteiger partial charge in [-0.15, -0.1) is 0 Å². The highest BCUT2D eigenvalue weighted by Crippen LogP contribution is 2.34. The van der Waals surface area contributed by atoms with Crippen molar-refractivity contribution >= 4 is 17.8 Å². The summed E-state index contributed by atoms with van der Waals surface area (Å²) >= 11 is 0. The molecule has 0 aromatic heterocycles. The highest BCUT2D eigenvalue weighted by atomic mass is 16.4. The summed E-state index contributed by atoms with van der Waals surface area (Å²) in [6, 6.07) is 9.60. The quantitative estimate of drug-likeness (QED) is 0.762. The molecule has 1 fully saturated rings. The van der Waals surface area contributed by atoms with Crippen LogP contribution in [0.1, 0.15) is 44.6 Å². The molecule has 0 atom stereocenters. The van der Waals surface area contributed by atoms with Crippen LogP contribution in [0, 0.1) is 0 Å². The van der Waals surface area contributed by atoms with Crippen molar-refractivity contribution in [3.8, 4) is 0 Å². The van der Waals surface area contributed by atoms with Gasteiger partial charge in [0.1, 0.15) is 0 Å². The maximum atomic E-state index is 12.2. The standard InChI is InChI=1S/C18H24N2O4/c1-14(21)20(13-15-6-3-2-4-7-15)11-8-16(22)19-18(9-5-10-18)12-17(23)24/h2-4,6-7H,5,8-13H2,1H3,(H,19,22)(H,23,24). The molecule has 0 bridgehead atoms. The zero-order valence-electron chi connectivity index (χ0n) is 14.0. The zero-order valence-corrected chi connectivity index (χ0v) is 14.0. The minimum Gasteiger partial charge on any atom is -0.481 e. The summed E-state index contributed by atoms with van der Waals surface area (Å²) in [5.41, 5.74) is 0.415. The lowest BCUT2D eigenvalue weighted by Crippen LogP contribution is -2.55. The number of amides is 2. The Morgan fingerprint density at radius 3 is 2.38 bits per heavy atom. The molecule has 0 saturated heterocycles. The van der Waals surface area contributed by atoms with Gasteiger partial charge >= 0.3 is 5.97 Å². The Morgan fingerprint density at radius 2 is 1.88 bits per heavy atom. The Labute approximate surface area is 141 Å². The number of nitrogens with zero attached hydrogens (tertiary/aromatic N) is 1. The summed E-state index contributed by atoms with van der Waals surface area (Å²) in [6.07, 6.45) is 2.46. The van der Waals surface area contributed by atoms with Gasteiger partial charge in [0.15, 0.2) is 0 Å². The first-order valence-corrected chi connectivity index (χ1v) is 8.22. The Balaban J connectivity index is 1.86. The largest absolute Gasteiger partial charge is 0.481 e. The van der Waals surface area contributed by atoms with Crippen molar-refractivity contribution in [3.63, 3.8) is 0 Å². The predicted octanol–water partition coefficient (Wildman–Crippen LogP) is 1.94. The number of carboxylic acid groups (broad SMARTS) is 1. The summed E-state index contributed by atoms with van der Waals surface area (Å²) in [5.74, 6) is -1.18. The van der Waals surface area contributed by atoms with Crippen LogP contribution in [0.2, 0.25) is 0 Å². The molecule has 0 aliphatic heterocycles. The third-order valence-corrected chi connectivity index (χ3v) is 4.48. The smallest absolute Gasteiger partial charge is 0.305 e. The molecule has 2 amide bonds. The Hall–Kier alpha value is -2.37. The van der Waals surface area contributed by atoms with Crippen molar-refractivity contribution < 1.29 is 19.5 Å². The fourth-order valence-electron chi connectivity index (χ4n) is 2.99. The van der Waals surface area contributed by atoms with Gasteiger partial charge < -0.3 is 15.3 Å². The van der Waals surface area contributed by atoms with Crippen LogP contribution in [0.4, 0.5) is 0 Å². The molecule has 0 spiro atoms. The van der Waals surface area contributed by atoms with Crippen molar-refractivity contribution in [2.24, 2.45) is 0 Å². The third-order valence-electron chi connectivity index (χ3n) is 4.48. The summed E-state index contributed by atoms with van der Waals surface area (Å²) in [6.45, 7) is 2.27. The number of rotatable bonds is 8. The maximum absolute atomic E-state index is 12.2. The highest BCUT2D eigenvalue weighted by Gasteiger charge is 2.40. The van der Waals surface area contributed by atoms with E-state index in [0.717, 1.165) is 12.0 Å². The summed E-state index contributed by atoms with van der Waals surface area (Å²) < 4.78 is 0. The molecule has 6 nitrogen and oxygen atoms in total. The van der Waals surface area contributed by atoms with E-state index in [2.05, 4.69) is 5.32 Å². The molecule has 0 unspecified atom stereocenters. The Bertz CT molecular complexity index is 596. The van der Waals surface area contributed by atoms with Gasteiger partial charge in [-0.3, -0.25) is 14.4 Å². The monoisotopic (exact) mass is 332 g/mol. The van der Waals surface area contributed by atoms with E-state index in [4.69, 9.17) is 5.11 Å². The van der Waals surface area contributed by atoms with Gasteiger partial charge in [-0.2, -0.15) is 0 Å². The lowest BCUT2D eigenvalue weighted by atomic mass is 9.74. The maximum Gasteiger partial charge on any atom is 0.305 e. The molecular formula is C18H24N2O4. The molecule has 2 rings (SSSR count). The van der Waals surface area contributed by atoms with E-state index in [-0.39, 0.29) is 24.7 Å². The molecule has 1 aliphatic rings. The van der Waals surface area contributed by atoms with Gasteiger partial charge in [0.25, 0.3) is 0 Å². The molecule has 1 saturated carbocycles. The molecule has 1 aromatic carbocycles. The topological polar surface area (TPSA) is 86.7 Å². The van der Waals surface area contributed by atoms with Crippen molar-refractivity contribution in [2.45, 2.75) is 51.1 Å². The fourth-order valence-corrected chi connectivity index (χ4v) is 2.99. The number of hydrogen-bond donors (Lipinski definition) is 2. The number of benzene rings is 1. The van der Waals surface area contributed by atoms with Crippen LogP contribution in [0.3, 0.4) is 0 Å². The number of carbonyl (C=O) groups is 3. The summed E-state index contributed by atoms with van der Waals surface area (Å²) in [7, 11) is 0. The lowest BCUT2D eigenvalue weighted by Gasteiger charge is -2.41. The molecule has 2 N–H and O–H groups in total. The molecule has 24 heavy (non-hydrogen) atoms. The van der Waals surface area contributed by atoms with Crippen LogP contribution >= 0.6 is 0 Å². The fraction of sp³-hybridized carbons (Fsp3) is 0.500. The number of carbonyl (C=O) groups excluding carboxylic acids is 2. The second kappa shape index (κ2) is 7.95. The lowest BCUT2D eigenvalue weighted by molar-refractivity contribution is -0.140. The van der Waals surface area contributed by atoms with E-state index < -0.39 is 11.5 Å². The summed E-state index contributed by atoms with van der Waals surface area (Å²) in [5, 5.41) is 11.8. The van der Waals surface area contributed by atoms with Crippen molar-refractivity contribution in [1.29, 1.82) is 0 Å². The first-order chi connectivity index (χ1) is 11.4. The molecule has 0 radical (unpaired) electrons. The van der Waals surface area contributed by atoms with Gasteiger partial charge in [-0.05, 0) is 24.8 Å². The normalized spacial score (nSPS) is 15.2.